The molecule has 0 aliphatic heterocycles. The highest BCUT2D eigenvalue weighted by atomic mass is 16.5. The maximum absolute atomic E-state index is 13.7. The number of furan rings is 1. The number of methoxy groups -OCH3 is 1. The zero-order chi connectivity index (χ0) is 28.8. The molecule has 2 aromatic heterocycles. The van der Waals surface area contributed by atoms with Gasteiger partial charge in [0.2, 0.25) is 5.91 Å². The Hall–Kier alpha value is -5.38. The largest absolute Gasteiger partial charge is 0.497 e. The molecule has 5 rings (SSSR count). The Bertz CT molecular complexity index is 1790. The first-order valence-electron chi connectivity index (χ1n) is 13.0. The van der Waals surface area contributed by atoms with Crippen LogP contribution in [0.25, 0.3) is 16.6 Å². The highest BCUT2D eigenvalue weighted by Gasteiger charge is 2.19. The molecule has 10 nitrogen and oxygen atoms in total. The molecule has 208 valence electrons. The van der Waals surface area contributed by atoms with Gasteiger partial charge in [0.05, 0.1) is 36.5 Å². The molecule has 0 unspecified atom stereocenters. The van der Waals surface area contributed by atoms with Crippen molar-refractivity contribution >= 4 is 22.7 Å². The Balaban J connectivity index is 1.50. The van der Waals surface area contributed by atoms with E-state index in [2.05, 4.69) is 10.6 Å². The molecule has 0 bridgehead atoms. The predicted octanol–water partition coefficient (Wildman–Crippen LogP) is 3.04. The van der Waals surface area contributed by atoms with E-state index in [0.29, 0.717) is 30.2 Å². The minimum absolute atomic E-state index is 0.131. The van der Waals surface area contributed by atoms with Crippen molar-refractivity contribution in [2.45, 2.75) is 19.5 Å². The number of nitrogens with zero attached hydrogens (tertiary/aromatic N) is 2. The van der Waals surface area contributed by atoms with Crippen LogP contribution in [0.5, 0.6) is 5.75 Å². The first-order valence-corrected chi connectivity index (χ1v) is 13.0. The second kappa shape index (κ2) is 12.2. The molecular formula is C31H28N4O6. The van der Waals surface area contributed by atoms with Crippen LogP contribution in [-0.2, 0) is 24.3 Å². The highest BCUT2D eigenvalue weighted by molar-refractivity contribution is 5.98. The van der Waals surface area contributed by atoms with Crippen LogP contribution < -0.4 is 26.6 Å². The number of nitrogens with one attached hydrogen (secondary N) is 2. The van der Waals surface area contributed by atoms with Crippen LogP contribution >= 0.6 is 0 Å². The van der Waals surface area contributed by atoms with Crippen molar-refractivity contribution in [1.29, 1.82) is 0 Å². The summed E-state index contributed by atoms with van der Waals surface area (Å²) in [6.07, 6.45) is 2.14. The van der Waals surface area contributed by atoms with E-state index in [9.17, 15) is 19.2 Å². The van der Waals surface area contributed by atoms with Crippen LogP contribution in [0.2, 0.25) is 0 Å². The number of fused-ring (bicyclic) bond motifs is 1. The van der Waals surface area contributed by atoms with Crippen molar-refractivity contribution in [3.05, 3.63) is 129 Å². The van der Waals surface area contributed by atoms with Crippen molar-refractivity contribution in [1.82, 2.24) is 19.8 Å². The number of amides is 2. The highest BCUT2D eigenvalue weighted by Crippen LogP contribution is 2.16. The molecule has 0 spiro atoms. The van der Waals surface area contributed by atoms with Gasteiger partial charge in [0.25, 0.3) is 11.5 Å². The van der Waals surface area contributed by atoms with Crippen molar-refractivity contribution in [3.63, 3.8) is 0 Å². The van der Waals surface area contributed by atoms with E-state index in [1.807, 2.05) is 30.3 Å². The van der Waals surface area contributed by atoms with Crippen molar-refractivity contribution in [3.8, 4) is 11.4 Å². The molecule has 0 aliphatic rings. The van der Waals surface area contributed by atoms with Crippen LogP contribution in [0.4, 0.5) is 0 Å². The number of hydrogen-bond donors (Lipinski definition) is 2. The van der Waals surface area contributed by atoms with Gasteiger partial charge in [0, 0.05) is 12.1 Å². The van der Waals surface area contributed by atoms with Crippen molar-refractivity contribution < 1.29 is 18.7 Å². The number of carbonyl (C=O) groups excluding carboxylic acids is 2. The summed E-state index contributed by atoms with van der Waals surface area (Å²) < 4.78 is 12.6. The van der Waals surface area contributed by atoms with E-state index in [-0.39, 0.29) is 35.5 Å². The van der Waals surface area contributed by atoms with E-state index in [4.69, 9.17) is 9.15 Å². The molecule has 0 radical (unpaired) electrons. The molecule has 0 aliphatic carbocycles. The van der Waals surface area contributed by atoms with E-state index >= 15 is 0 Å². The average molecular weight is 553 g/mol. The smallest absolute Gasteiger partial charge is 0.336 e. The molecule has 2 heterocycles. The van der Waals surface area contributed by atoms with Gasteiger partial charge in [-0.1, -0.05) is 30.3 Å². The Morgan fingerprint density at radius 2 is 1.68 bits per heavy atom. The zero-order valence-corrected chi connectivity index (χ0v) is 22.3. The molecular weight excluding hydrogens is 524 g/mol. The molecule has 10 heteroatoms. The van der Waals surface area contributed by atoms with Crippen molar-refractivity contribution in [2.75, 3.05) is 13.7 Å². The molecule has 0 saturated carbocycles. The normalized spacial score (nSPS) is 10.9. The maximum atomic E-state index is 13.7. The number of carbonyl (C=O) groups is 2. The molecule has 0 atom stereocenters. The van der Waals surface area contributed by atoms with E-state index in [1.165, 1.54) is 36.1 Å². The van der Waals surface area contributed by atoms with Crippen LogP contribution in [0.3, 0.4) is 0 Å². The van der Waals surface area contributed by atoms with Gasteiger partial charge in [-0.2, -0.15) is 0 Å². The maximum Gasteiger partial charge on any atom is 0.336 e. The lowest BCUT2D eigenvalue weighted by Crippen LogP contribution is -2.42. The molecule has 3 aromatic carbocycles. The van der Waals surface area contributed by atoms with Crippen LogP contribution in [-0.4, -0.2) is 34.6 Å². The Morgan fingerprint density at radius 3 is 2.39 bits per heavy atom. The summed E-state index contributed by atoms with van der Waals surface area (Å²) in [5.41, 5.74) is 0.542. The third kappa shape index (κ3) is 6.11. The summed E-state index contributed by atoms with van der Waals surface area (Å²) in [4.78, 5) is 53.2. The van der Waals surface area contributed by atoms with Gasteiger partial charge in [-0.05, 0) is 66.6 Å². The Morgan fingerprint density at radius 1 is 0.902 bits per heavy atom. The number of ether oxygens (including phenoxy) is 1. The summed E-state index contributed by atoms with van der Waals surface area (Å²) in [6, 6.07) is 24.1. The molecule has 2 amide bonds. The lowest BCUT2D eigenvalue weighted by atomic mass is 10.1. The fourth-order valence-corrected chi connectivity index (χ4v) is 4.49. The van der Waals surface area contributed by atoms with E-state index in [0.717, 1.165) is 10.1 Å². The molecule has 5 aromatic rings. The zero-order valence-electron chi connectivity index (χ0n) is 22.3. The molecule has 0 saturated heterocycles. The van der Waals surface area contributed by atoms with Gasteiger partial charge in [-0.25, -0.2) is 9.36 Å². The number of benzene rings is 3. The number of hydrogen-bond acceptors (Lipinski definition) is 6. The van der Waals surface area contributed by atoms with Gasteiger partial charge >= 0.3 is 5.69 Å². The van der Waals surface area contributed by atoms with Gasteiger partial charge in [-0.3, -0.25) is 19.0 Å². The fourth-order valence-electron chi connectivity index (χ4n) is 4.49. The first-order chi connectivity index (χ1) is 19.9. The number of rotatable bonds is 10. The third-order valence-corrected chi connectivity index (χ3v) is 6.62. The summed E-state index contributed by atoms with van der Waals surface area (Å²) in [5.74, 6) is 0.280. The fraction of sp³-hybridized carbons (Fsp3) is 0.161. The van der Waals surface area contributed by atoms with Crippen LogP contribution in [0.15, 0.2) is 105 Å². The SMILES string of the molecule is COc1ccc(-n2c(=O)c3ccc(C(=O)NCCc4ccccc4)cc3n(CC(=O)NCc3ccco3)c2=O)cc1. The lowest BCUT2D eigenvalue weighted by Gasteiger charge is -2.15. The van der Waals surface area contributed by atoms with E-state index < -0.39 is 17.2 Å². The van der Waals surface area contributed by atoms with Gasteiger partial charge in [0.1, 0.15) is 18.1 Å². The first kappa shape index (κ1) is 27.2. The lowest BCUT2D eigenvalue weighted by molar-refractivity contribution is -0.121. The summed E-state index contributed by atoms with van der Waals surface area (Å²) in [7, 11) is 1.51. The van der Waals surface area contributed by atoms with Crippen molar-refractivity contribution in [2.24, 2.45) is 0 Å². The Kier molecular flexibility index (Phi) is 8.10. The van der Waals surface area contributed by atoms with Gasteiger partial charge in [-0.15, -0.1) is 0 Å². The topological polar surface area (TPSA) is 125 Å². The minimum atomic E-state index is -0.720. The molecule has 41 heavy (non-hydrogen) atoms. The molecule has 0 fully saturated rings. The quantitative estimate of drug-likeness (QED) is 0.275. The average Bonchev–Trinajstić information content (AvgIpc) is 3.53. The summed E-state index contributed by atoms with van der Waals surface area (Å²) in [6.45, 7) is 0.152. The standard InChI is InChI=1S/C31H28N4O6/c1-40-24-12-10-23(11-13-24)35-30(38)26-14-9-22(29(37)32-16-15-21-6-3-2-4-7-21)18-27(26)34(31(35)39)20-28(36)33-19-25-8-5-17-41-25/h2-14,17-18H,15-16,19-20H2,1H3,(H,32,37)(H,33,36). The van der Waals surface area contributed by atoms with E-state index in [1.54, 1.807) is 36.4 Å². The third-order valence-electron chi connectivity index (χ3n) is 6.62. The van der Waals surface area contributed by atoms with Gasteiger partial charge < -0.3 is 19.8 Å². The monoisotopic (exact) mass is 552 g/mol. The van der Waals surface area contributed by atoms with Crippen LogP contribution in [0.1, 0.15) is 21.7 Å². The predicted molar refractivity (Wildman–Crippen MR) is 153 cm³/mol. The Labute approximate surface area is 234 Å². The summed E-state index contributed by atoms with van der Waals surface area (Å²) in [5, 5.41) is 5.77. The number of aromatic nitrogens is 2. The molecule has 2 N–H and O–H groups in total. The van der Waals surface area contributed by atoms with Crippen LogP contribution in [0, 0.1) is 0 Å². The summed E-state index contributed by atoms with van der Waals surface area (Å²) >= 11 is 0. The minimum Gasteiger partial charge on any atom is -0.497 e. The van der Waals surface area contributed by atoms with Gasteiger partial charge in [0.15, 0.2) is 0 Å². The second-order valence-electron chi connectivity index (χ2n) is 9.29. The second-order valence-corrected chi connectivity index (χ2v) is 9.29.